The third kappa shape index (κ3) is 7.29. The summed E-state index contributed by atoms with van der Waals surface area (Å²) in [5.41, 5.74) is -0.0851. The number of rotatable bonds is 7. The van der Waals surface area contributed by atoms with Crippen molar-refractivity contribution in [2.75, 3.05) is 11.9 Å². The second-order valence-electron chi connectivity index (χ2n) is 7.59. The van der Waals surface area contributed by atoms with Gasteiger partial charge < -0.3 is 25.8 Å². The SMILES string of the molecule is O=C(C[C@H]1C=C[C@@H](NC(=O)Nc2ccc(C(F)(F)F)cc2)[C@@H](CO)O1)NCc1cccc(F)c1. The van der Waals surface area contributed by atoms with Gasteiger partial charge in [0, 0.05) is 12.2 Å². The Labute approximate surface area is 192 Å². The summed E-state index contributed by atoms with van der Waals surface area (Å²) in [5.74, 6) is -0.751. The molecule has 4 N–H and O–H groups in total. The summed E-state index contributed by atoms with van der Waals surface area (Å²) in [6.07, 6.45) is -2.89. The maximum atomic E-state index is 13.2. The molecule has 2 aromatic rings. The van der Waals surface area contributed by atoms with Gasteiger partial charge in [-0.05, 0) is 42.0 Å². The minimum absolute atomic E-state index is 0.0488. The summed E-state index contributed by atoms with van der Waals surface area (Å²) in [6.45, 7) is -0.304. The molecule has 3 rings (SSSR count). The lowest BCUT2D eigenvalue weighted by atomic mass is 10.0. The topological polar surface area (TPSA) is 99.7 Å². The maximum Gasteiger partial charge on any atom is 0.416 e. The first-order valence-electron chi connectivity index (χ1n) is 10.3. The number of nitrogens with one attached hydrogen (secondary N) is 3. The van der Waals surface area contributed by atoms with Crippen LogP contribution < -0.4 is 16.0 Å². The average molecular weight is 481 g/mol. The summed E-state index contributed by atoms with van der Waals surface area (Å²) in [7, 11) is 0. The number of hydrogen-bond acceptors (Lipinski definition) is 4. The molecule has 0 spiro atoms. The van der Waals surface area contributed by atoms with Gasteiger partial charge in [0.25, 0.3) is 0 Å². The van der Waals surface area contributed by atoms with Crippen LogP contribution in [0.2, 0.25) is 0 Å². The number of aliphatic hydroxyl groups is 1. The molecule has 2 aromatic carbocycles. The molecule has 0 bridgehead atoms. The molecule has 0 unspecified atom stereocenters. The van der Waals surface area contributed by atoms with E-state index in [2.05, 4.69) is 16.0 Å². The van der Waals surface area contributed by atoms with Gasteiger partial charge >= 0.3 is 12.2 Å². The summed E-state index contributed by atoms with van der Waals surface area (Å²) in [4.78, 5) is 24.4. The van der Waals surface area contributed by atoms with E-state index in [1.807, 2.05) is 0 Å². The lowest BCUT2D eigenvalue weighted by Crippen LogP contribution is -2.50. The monoisotopic (exact) mass is 481 g/mol. The van der Waals surface area contributed by atoms with Gasteiger partial charge in [-0.1, -0.05) is 24.3 Å². The quantitative estimate of drug-likeness (QED) is 0.360. The van der Waals surface area contributed by atoms with Crippen LogP contribution in [0.25, 0.3) is 0 Å². The van der Waals surface area contributed by atoms with E-state index in [0.717, 1.165) is 24.3 Å². The molecule has 0 aromatic heterocycles. The third-order valence-corrected chi connectivity index (χ3v) is 5.00. The number of hydrogen-bond donors (Lipinski definition) is 4. The Balaban J connectivity index is 1.49. The number of alkyl halides is 3. The third-order valence-electron chi connectivity index (χ3n) is 5.00. The fourth-order valence-corrected chi connectivity index (χ4v) is 3.30. The van der Waals surface area contributed by atoms with Crippen molar-refractivity contribution in [3.8, 4) is 0 Å². The van der Waals surface area contributed by atoms with Gasteiger partial charge in [0.05, 0.1) is 30.7 Å². The minimum Gasteiger partial charge on any atom is -0.394 e. The number of aliphatic hydroxyl groups excluding tert-OH is 1. The van der Waals surface area contributed by atoms with Crippen LogP contribution in [0.1, 0.15) is 17.5 Å². The van der Waals surface area contributed by atoms with Crippen molar-refractivity contribution in [1.29, 1.82) is 0 Å². The largest absolute Gasteiger partial charge is 0.416 e. The second kappa shape index (κ2) is 11.1. The zero-order chi connectivity index (χ0) is 24.7. The van der Waals surface area contributed by atoms with E-state index in [9.17, 15) is 32.3 Å². The van der Waals surface area contributed by atoms with Crippen LogP contribution in [0.3, 0.4) is 0 Å². The number of ether oxygens (including phenoxy) is 1. The smallest absolute Gasteiger partial charge is 0.394 e. The first-order chi connectivity index (χ1) is 16.1. The molecule has 3 amide bonds. The maximum absolute atomic E-state index is 13.2. The van der Waals surface area contributed by atoms with Crippen LogP contribution in [-0.2, 0) is 22.3 Å². The highest BCUT2D eigenvalue weighted by Gasteiger charge is 2.31. The van der Waals surface area contributed by atoms with Crippen molar-refractivity contribution in [3.05, 3.63) is 77.6 Å². The highest BCUT2D eigenvalue weighted by atomic mass is 19.4. The van der Waals surface area contributed by atoms with Crippen molar-refractivity contribution in [1.82, 2.24) is 10.6 Å². The fraction of sp³-hybridized carbons (Fsp3) is 0.304. The van der Waals surface area contributed by atoms with Crippen molar-refractivity contribution < 1.29 is 37.0 Å². The van der Waals surface area contributed by atoms with E-state index < -0.39 is 48.4 Å². The highest BCUT2D eigenvalue weighted by molar-refractivity contribution is 5.89. The van der Waals surface area contributed by atoms with Gasteiger partial charge in [0.15, 0.2) is 0 Å². The molecular weight excluding hydrogens is 458 g/mol. The van der Waals surface area contributed by atoms with Crippen LogP contribution in [0.5, 0.6) is 0 Å². The van der Waals surface area contributed by atoms with E-state index in [1.54, 1.807) is 18.2 Å². The van der Waals surface area contributed by atoms with E-state index in [-0.39, 0.29) is 24.6 Å². The number of carbonyl (C=O) groups is 2. The Bertz CT molecular complexity index is 1030. The molecular formula is C23H23F4N3O4. The van der Waals surface area contributed by atoms with E-state index in [1.165, 1.54) is 18.2 Å². The molecule has 182 valence electrons. The Morgan fingerprint density at radius 2 is 1.79 bits per heavy atom. The van der Waals surface area contributed by atoms with Crippen LogP contribution in [-0.4, -0.2) is 41.9 Å². The van der Waals surface area contributed by atoms with Gasteiger partial charge in [-0.2, -0.15) is 13.2 Å². The van der Waals surface area contributed by atoms with Crippen molar-refractivity contribution in [2.24, 2.45) is 0 Å². The Kier molecular flexibility index (Phi) is 8.24. The van der Waals surface area contributed by atoms with Crippen molar-refractivity contribution >= 4 is 17.6 Å². The predicted molar refractivity (Wildman–Crippen MR) is 115 cm³/mol. The van der Waals surface area contributed by atoms with Gasteiger partial charge in [-0.15, -0.1) is 0 Å². The molecule has 0 aliphatic carbocycles. The lowest BCUT2D eigenvalue weighted by Gasteiger charge is -2.31. The summed E-state index contributed by atoms with van der Waals surface area (Å²) in [5, 5.41) is 17.3. The number of halogens is 4. The number of carbonyl (C=O) groups excluding carboxylic acids is 2. The molecule has 1 aliphatic rings. The van der Waals surface area contributed by atoms with Crippen molar-refractivity contribution in [3.63, 3.8) is 0 Å². The van der Waals surface area contributed by atoms with Crippen LogP contribution in [0, 0.1) is 5.82 Å². The molecule has 34 heavy (non-hydrogen) atoms. The Hall–Kier alpha value is -3.44. The minimum atomic E-state index is -4.48. The molecule has 0 saturated heterocycles. The van der Waals surface area contributed by atoms with Crippen LogP contribution >= 0.6 is 0 Å². The first-order valence-corrected chi connectivity index (χ1v) is 10.3. The number of anilines is 1. The normalized spacial score (nSPS) is 20.0. The number of amides is 3. The molecule has 0 radical (unpaired) electrons. The molecule has 1 heterocycles. The number of benzene rings is 2. The summed E-state index contributed by atoms with van der Waals surface area (Å²) in [6, 6.07) is 8.33. The predicted octanol–water partition coefficient (Wildman–Crippen LogP) is 3.36. The van der Waals surface area contributed by atoms with E-state index in [4.69, 9.17) is 4.74 Å². The molecule has 0 saturated carbocycles. The molecule has 1 aliphatic heterocycles. The molecule has 7 nitrogen and oxygen atoms in total. The standard InChI is InChI=1S/C23H23F4N3O4/c24-16-3-1-2-14(10-16)12-28-21(32)11-18-8-9-19(20(13-31)34-18)30-22(33)29-17-6-4-15(5-7-17)23(25,26)27/h1-10,18-20,31H,11-13H2,(H,28,32)(H2,29,30,33)/t18-,19-,20-/m1/s1. The van der Waals surface area contributed by atoms with Gasteiger partial charge in [-0.3, -0.25) is 4.79 Å². The van der Waals surface area contributed by atoms with Gasteiger partial charge in [-0.25, -0.2) is 9.18 Å². The first kappa shape index (κ1) is 25.2. The highest BCUT2D eigenvalue weighted by Crippen LogP contribution is 2.29. The van der Waals surface area contributed by atoms with Gasteiger partial charge in [0.2, 0.25) is 5.91 Å². The Morgan fingerprint density at radius 3 is 2.44 bits per heavy atom. The Morgan fingerprint density at radius 1 is 1.06 bits per heavy atom. The average Bonchev–Trinajstić information content (AvgIpc) is 2.78. The molecule has 11 heteroatoms. The van der Waals surface area contributed by atoms with Crippen LogP contribution in [0.15, 0.2) is 60.7 Å². The summed E-state index contributed by atoms with van der Waals surface area (Å²) < 4.78 is 56.8. The summed E-state index contributed by atoms with van der Waals surface area (Å²) >= 11 is 0. The molecule has 3 atom stereocenters. The fourth-order valence-electron chi connectivity index (χ4n) is 3.30. The number of urea groups is 1. The van der Waals surface area contributed by atoms with E-state index in [0.29, 0.717) is 5.56 Å². The zero-order valence-electron chi connectivity index (χ0n) is 17.8. The van der Waals surface area contributed by atoms with Gasteiger partial charge in [0.1, 0.15) is 11.9 Å². The van der Waals surface area contributed by atoms with E-state index >= 15 is 0 Å². The zero-order valence-corrected chi connectivity index (χ0v) is 17.8. The lowest BCUT2D eigenvalue weighted by molar-refractivity contribution is -0.137. The van der Waals surface area contributed by atoms with Crippen LogP contribution in [0.4, 0.5) is 28.0 Å². The second-order valence-corrected chi connectivity index (χ2v) is 7.59. The molecule has 0 fully saturated rings. The van der Waals surface area contributed by atoms with Crippen molar-refractivity contribution in [2.45, 2.75) is 37.4 Å².